The SMILES string of the molecule is Cc1cccc(NC(=O)C(N)Cc2ccccc2)c1O. The molecule has 0 saturated carbocycles. The third kappa shape index (κ3) is 3.36. The highest BCUT2D eigenvalue weighted by atomic mass is 16.3. The van der Waals surface area contributed by atoms with Crippen molar-refractivity contribution in [3.63, 3.8) is 0 Å². The average molecular weight is 270 g/mol. The van der Waals surface area contributed by atoms with Crippen LogP contribution in [0.5, 0.6) is 5.75 Å². The zero-order valence-electron chi connectivity index (χ0n) is 11.3. The summed E-state index contributed by atoms with van der Waals surface area (Å²) in [6.45, 7) is 1.77. The first-order valence-corrected chi connectivity index (χ1v) is 6.47. The summed E-state index contributed by atoms with van der Waals surface area (Å²) < 4.78 is 0. The topological polar surface area (TPSA) is 75.4 Å². The van der Waals surface area contributed by atoms with E-state index in [1.54, 1.807) is 25.1 Å². The van der Waals surface area contributed by atoms with Gasteiger partial charge in [-0.3, -0.25) is 4.79 Å². The molecule has 0 spiro atoms. The van der Waals surface area contributed by atoms with E-state index in [1.807, 2.05) is 30.3 Å². The minimum Gasteiger partial charge on any atom is -0.505 e. The Hall–Kier alpha value is -2.33. The molecule has 0 aliphatic carbocycles. The highest BCUT2D eigenvalue weighted by Gasteiger charge is 2.16. The third-order valence-corrected chi connectivity index (χ3v) is 3.13. The lowest BCUT2D eigenvalue weighted by Crippen LogP contribution is -2.37. The van der Waals surface area contributed by atoms with E-state index >= 15 is 0 Å². The quantitative estimate of drug-likeness (QED) is 0.746. The molecule has 2 aromatic carbocycles. The number of nitrogens with two attached hydrogens (primary N) is 1. The fourth-order valence-corrected chi connectivity index (χ4v) is 1.95. The van der Waals surface area contributed by atoms with Crippen molar-refractivity contribution in [3.8, 4) is 5.75 Å². The molecule has 4 nitrogen and oxygen atoms in total. The van der Waals surface area contributed by atoms with Crippen LogP contribution in [0.25, 0.3) is 0 Å². The molecule has 0 saturated heterocycles. The molecule has 1 atom stereocenters. The first-order chi connectivity index (χ1) is 9.58. The number of phenols is 1. The monoisotopic (exact) mass is 270 g/mol. The second-order valence-electron chi connectivity index (χ2n) is 4.76. The lowest BCUT2D eigenvalue weighted by Gasteiger charge is -2.14. The van der Waals surface area contributed by atoms with Crippen molar-refractivity contribution in [1.82, 2.24) is 0 Å². The van der Waals surface area contributed by atoms with Gasteiger partial charge in [-0.2, -0.15) is 0 Å². The molecule has 0 aromatic heterocycles. The van der Waals surface area contributed by atoms with Gasteiger partial charge in [-0.1, -0.05) is 42.5 Å². The lowest BCUT2D eigenvalue weighted by atomic mass is 10.1. The Morgan fingerprint density at radius 3 is 2.60 bits per heavy atom. The molecule has 1 unspecified atom stereocenters. The fourth-order valence-electron chi connectivity index (χ4n) is 1.95. The largest absolute Gasteiger partial charge is 0.505 e. The van der Waals surface area contributed by atoms with Crippen LogP contribution in [-0.4, -0.2) is 17.1 Å². The molecule has 0 bridgehead atoms. The Morgan fingerprint density at radius 2 is 1.90 bits per heavy atom. The number of carbonyl (C=O) groups is 1. The molecule has 0 radical (unpaired) electrons. The van der Waals surface area contributed by atoms with E-state index in [2.05, 4.69) is 5.32 Å². The number of phenolic OH excluding ortho intramolecular Hbond substituents is 1. The van der Waals surface area contributed by atoms with Gasteiger partial charge in [0.1, 0.15) is 5.75 Å². The van der Waals surface area contributed by atoms with Crippen LogP contribution < -0.4 is 11.1 Å². The minimum absolute atomic E-state index is 0.0766. The third-order valence-electron chi connectivity index (χ3n) is 3.13. The summed E-state index contributed by atoms with van der Waals surface area (Å²) in [7, 11) is 0. The summed E-state index contributed by atoms with van der Waals surface area (Å²) in [6.07, 6.45) is 0.458. The minimum atomic E-state index is -0.655. The highest BCUT2D eigenvalue weighted by molar-refractivity contribution is 5.96. The number of nitrogens with one attached hydrogen (secondary N) is 1. The number of rotatable bonds is 4. The molecule has 4 heteroatoms. The van der Waals surface area contributed by atoms with Crippen LogP contribution >= 0.6 is 0 Å². The van der Waals surface area contributed by atoms with Gasteiger partial charge < -0.3 is 16.2 Å². The maximum absolute atomic E-state index is 12.0. The van der Waals surface area contributed by atoms with Gasteiger partial charge >= 0.3 is 0 Å². The first-order valence-electron chi connectivity index (χ1n) is 6.47. The van der Waals surface area contributed by atoms with Crippen molar-refractivity contribution in [2.75, 3.05) is 5.32 Å². The van der Waals surface area contributed by atoms with Crippen molar-refractivity contribution in [1.29, 1.82) is 0 Å². The maximum atomic E-state index is 12.0. The predicted molar refractivity (Wildman–Crippen MR) is 79.6 cm³/mol. The Kier molecular flexibility index (Phi) is 4.38. The van der Waals surface area contributed by atoms with E-state index in [9.17, 15) is 9.90 Å². The molecule has 0 fully saturated rings. The summed E-state index contributed by atoms with van der Waals surface area (Å²) in [5, 5.41) is 12.5. The zero-order chi connectivity index (χ0) is 14.5. The summed E-state index contributed by atoms with van der Waals surface area (Å²) in [5.41, 5.74) is 7.99. The fraction of sp³-hybridized carbons (Fsp3) is 0.188. The van der Waals surface area contributed by atoms with Gasteiger partial charge in [0.15, 0.2) is 0 Å². The van der Waals surface area contributed by atoms with Crippen LogP contribution in [-0.2, 0) is 11.2 Å². The molecular formula is C16H18N2O2. The Bertz CT molecular complexity index is 597. The number of hydrogen-bond acceptors (Lipinski definition) is 3. The number of para-hydroxylation sites is 1. The van der Waals surface area contributed by atoms with E-state index in [4.69, 9.17) is 5.73 Å². The molecule has 0 aliphatic heterocycles. The van der Waals surface area contributed by atoms with Gasteiger partial charge in [0.2, 0.25) is 5.91 Å². The van der Waals surface area contributed by atoms with Crippen molar-refractivity contribution < 1.29 is 9.90 Å². The lowest BCUT2D eigenvalue weighted by molar-refractivity contribution is -0.117. The van der Waals surface area contributed by atoms with Gasteiger partial charge in [0.05, 0.1) is 11.7 Å². The Labute approximate surface area is 118 Å². The number of aromatic hydroxyl groups is 1. The summed E-state index contributed by atoms with van der Waals surface area (Å²) in [5.74, 6) is -0.234. The van der Waals surface area contributed by atoms with E-state index < -0.39 is 6.04 Å². The molecular weight excluding hydrogens is 252 g/mol. The molecule has 20 heavy (non-hydrogen) atoms. The van der Waals surface area contributed by atoms with Gasteiger partial charge in [0, 0.05) is 0 Å². The zero-order valence-corrected chi connectivity index (χ0v) is 11.3. The highest BCUT2D eigenvalue weighted by Crippen LogP contribution is 2.26. The normalized spacial score (nSPS) is 11.9. The second kappa shape index (κ2) is 6.21. The Morgan fingerprint density at radius 1 is 1.20 bits per heavy atom. The standard InChI is InChI=1S/C16H18N2O2/c1-11-6-5-9-14(15(11)19)18-16(20)13(17)10-12-7-3-2-4-8-12/h2-9,13,19H,10,17H2,1H3,(H,18,20). The van der Waals surface area contributed by atoms with Crippen LogP contribution in [0.3, 0.4) is 0 Å². The van der Waals surface area contributed by atoms with E-state index in [1.165, 1.54) is 0 Å². The smallest absolute Gasteiger partial charge is 0.241 e. The Balaban J connectivity index is 2.03. The summed E-state index contributed by atoms with van der Waals surface area (Å²) in [6, 6.07) is 14.1. The van der Waals surface area contributed by atoms with Crippen LogP contribution in [0.1, 0.15) is 11.1 Å². The maximum Gasteiger partial charge on any atom is 0.241 e. The predicted octanol–water partition coefficient (Wildman–Crippen LogP) is 2.21. The number of anilines is 1. The van der Waals surface area contributed by atoms with Gasteiger partial charge in [0.25, 0.3) is 0 Å². The van der Waals surface area contributed by atoms with Gasteiger partial charge in [-0.25, -0.2) is 0 Å². The number of benzene rings is 2. The molecule has 2 aromatic rings. The number of amides is 1. The molecule has 2 rings (SSSR count). The second-order valence-corrected chi connectivity index (χ2v) is 4.76. The van der Waals surface area contributed by atoms with E-state index in [-0.39, 0.29) is 11.7 Å². The molecule has 104 valence electrons. The van der Waals surface area contributed by atoms with Crippen LogP contribution in [0, 0.1) is 6.92 Å². The molecule has 4 N–H and O–H groups in total. The van der Waals surface area contributed by atoms with Crippen molar-refractivity contribution >= 4 is 11.6 Å². The summed E-state index contributed by atoms with van der Waals surface area (Å²) in [4.78, 5) is 12.0. The number of carbonyl (C=O) groups excluding carboxylic acids is 1. The van der Waals surface area contributed by atoms with Gasteiger partial charge in [-0.05, 0) is 30.5 Å². The summed E-state index contributed by atoms with van der Waals surface area (Å²) >= 11 is 0. The molecule has 1 amide bonds. The van der Waals surface area contributed by atoms with Crippen LogP contribution in [0.2, 0.25) is 0 Å². The van der Waals surface area contributed by atoms with Crippen molar-refractivity contribution in [2.24, 2.45) is 5.73 Å². The van der Waals surface area contributed by atoms with E-state index in [0.717, 1.165) is 5.56 Å². The van der Waals surface area contributed by atoms with E-state index in [0.29, 0.717) is 17.7 Å². The number of aryl methyl sites for hydroxylation is 1. The number of hydrogen-bond donors (Lipinski definition) is 3. The van der Waals surface area contributed by atoms with Gasteiger partial charge in [-0.15, -0.1) is 0 Å². The van der Waals surface area contributed by atoms with Crippen molar-refractivity contribution in [3.05, 3.63) is 59.7 Å². The average Bonchev–Trinajstić information content (AvgIpc) is 2.45. The molecule has 0 heterocycles. The molecule has 0 aliphatic rings. The first kappa shape index (κ1) is 14.1. The van der Waals surface area contributed by atoms with Crippen LogP contribution in [0.4, 0.5) is 5.69 Å². The van der Waals surface area contributed by atoms with Crippen molar-refractivity contribution in [2.45, 2.75) is 19.4 Å². The van der Waals surface area contributed by atoms with Crippen LogP contribution in [0.15, 0.2) is 48.5 Å².